The fraction of sp³-hybridized carbons (Fsp3) is 0.789. The van der Waals surface area contributed by atoms with Crippen LogP contribution in [0.5, 0.6) is 0 Å². The van der Waals surface area contributed by atoms with Crippen LogP contribution in [0.15, 0.2) is 12.2 Å². The van der Waals surface area contributed by atoms with Crippen LogP contribution < -0.4 is 0 Å². The van der Waals surface area contributed by atoms with E-state index in [2.05, 4.69) is 16.9 Å². The number of rotatable bonds is 4. The number of carbonyl (C=O) groups is 2. The molecule has 1 heterocycles. The first kappa shape index (κ1) is 18.4. The van der Waals surface area contributed by atoms with Gasteiger partial charge in [-0.15, -0.1) is 0 Å². The third kappa shape index (κ3) is 3.90. The van der Waals surface area contributed by atoms with E-state index in [-0.39, 0.29) is 18.4 Å². The van der Waals surface area contributed by atoms with Gasteiger partial charge in [0.15, 0.2) is 0 Å². The summed E-state index contributed by atoms with van der Waals surface area (Å²) in [5.74, 6) is -0.272. The minimum absolute atomic E-state index is 0.0185. The van der Waals surface area contributed by atoms with Gasteiger partial charge in [-0.1, -0.05) is 12.2 Å². The highest BCUT2D eigenvalue weighted by Crippen LogP contribution is 2.46. The van der Waals surface area contributed by atoms with Gasteiger partial charge >= 0.3 is 11.9 Å². The van der Waals surface area contributed by atoms with Crippen LogP contribution >= 0.6 is 0 Å². The van der Waals surface area contributed by atoms with Gasteiger partial charge in [-0.05, 0) is 43.4 Å². The largest absolute Gasteiger partial charge is 0.481 e. The molecular weight excluding hydrogens is 324 g/mol. The summed E-state index contributed by atoms with van der Waals surface area (Å²) in [6.07, 6.45) is 8.71. The average Bonchev–Trinajstić information content (AvgIpc) is 3.22. The number of aliphatic hydroxyl groups excluding tert-OH is 1. The maximum atomic E-state index is 11.3. The molecule has 2 saturated carbocycles. The molecule has 6 heteroatoms. The number of carboxylic acids is 1. The third-order valence-electron chi connectivity index (χ3n) is 6.37. The highest BCUT2D eigenvalue weighted by molar-refractivity contribution is 5.79. The fourth-order valence-electron chi connectivity index (χ4n) is 5.02. The molecule has 25 heavy (non-hydrogen) atoms. The van der Waals surface area contributed by atoms with Gasteiger partial charge in [0.05, 0.1) is 25.6 Å². The summed E-state index contributed by atoms with van der Waals surface area (Å²) >= 11 is 0. The Hall–Kier alpha value is -1.40. The van der Waals surface area contributed by atoms with Crippen molar-refractivity contribution in [3.8, 4) is 0 Å². The van der Waals surface area contributed by atoms with E-state index in [0.29, 0.717) is 36.9 Å². The number of ether oxygens (including phenoxy) is 2. The SMILES string of the molecule is COC(=O)CC(C(=O)O)C1C2CCC1COC2.OC1C2C=CC1CC2. The Balaban J connectivity index is 0.000000188. The molecule has 1 saturated heterocycles. The molecule has 5 unspecified atom stereocenters. The predicted molar refractivity (Wildman–Crippen MR) is 89.6 cm³/mol. The number of carboxylic acid groups (broad SMARTS) is 1. The van der Waals surface area contributed by atoms with Crippen molar-refractivity contribution in [3.05, 3.63) is 12.2 Å². The van der Waals surface area contributed by atoms with Gasteiger partial charge in [-0.25, -0.2) is 0 Å². The number of carbonyl (C=O) groups excluding carboxylic acids is 1. The van der Waals surface area contributed by atoms with E-state index in [1.165, 1.54) is 20.0 Å². The lowest BCUT2D eigenvalue weighted by Gasteiger charge is -2.33. The number of methoxy groups -OCH3 is 1. The Morgan fingerprint density at radius 1 is 1.12 bits per heavy atom. The molecule has 0 aromatic heterocycles. The van der Waals surface area contributed by atoms with Crippen molar-refractivity contribution < 1.29 is 29.3 Å². The van der Waals surface area contributed by atoms with E-state index in [0.717, 1.165) is 12.8 Å². The number of hydrogen-bond acceptors (Lipinski definition) is 5. The zero-order chi connectivity index (χ0) is 18.0. The Labute approximate surface area is 148 Å². The Kier molecular flexibility index (Phi) is 5.79. The fourth-order valence-corrected chi connectivity index (χ4v) is 5.02. The molecule has 140 valence electrons. The molecule has 1 aliphatic heterocycles. The van der Waals surface area contributed by atoms with E-state index >= 15 is 0 Å². The predicted octanol–water partition coefficient (Wildman–Crippen LogP) is 1.87. The van der Waals surface area contributed by atoms with Crippen LogP contribution in [0.2, 0.25) is 0 Å². The first-order chi connectivity index (χ1) is 12.0. The highest BCUT2D eigenvalue weighted by Gasteiger charge is 2.47. The topological polar surface area (TPSA) is 93.1 Å². The van der Waals surface area contributed by atoms with E-state index in [1.807, 2.05) is 0 Å². The first-order valence-electron chi connectivity index (χ1n) is 9.25. The molecule has 0 spiro atoms. The Morgan fingerprint density at radius 3 is 2.04 bits per heavy atom. The van der Waals surface area contributed by atoms with Gasteiger partial charge in [0, 0.05) is 25.0 Å². The van der Waals surface area contributed by atoms with Crippen molar-refractivity contribution in [2.24, 2.45) is 35.5 Å². The lowest BCUT2D eigenvalue weighted by Crippen LogP contribution is -2.38. The minimum atomic E-state index is -0.890. The molecule has 5 atom stereocenters. The normalized spacial score (nSPS) is 38.8. The van der Waals surface area contributed by atoms with E-state index in [9.17, 15) is 19.8 Å². The second-order valence-corrected chi connectivity index (χ2v) is 7.72. The van der Waals surface area contributed by atoms with Crippen LogP contribution in [0.3, 0.4) is 0 Å². The minimum Gasteiger partial charge on any atom is -0.481 e. The van der Waals surface area contributed by atoms with Gasteiger partial charge < -0.3 is 19.7 Å². The maximum absolute atomic E-state index is 11.3. The number of esters is 1. The molecule has 0 radical (unpaired) electrons. The standard InChI is InChI=1S/C12H18O5.C7H10O/c1-16-10(13)4-9(12(14)15)11-7-2-3-8(11)6-17-5-7;8-7-5-1-2-6(7)4-3-5/h7-9,11H,2-6H2,1H3,(H,14,15);1-2,5-8H,3-4H2. The zero-order valence-corrected chi connectivity index (χ0v) is 14.7. The van der Waals surface area contributed by atoms with Crippen molar-refractivity contribution >= 4 is 11.9 Å². The van der Waals surface area contributed by atoms with Crippen molar-refractivity contribution in [1.82, 2.24) is 0 Å². The molecule has 3 aliphatic carbocycles. The van der Waals surface area contributed by atoms with Crippen LogP contribution in [0.25, 0.3) is 0 Å². The summed E-state index contributed by atoms with van der Waals surface area (Å²) in [6.45, 7) is 1.26. The van der Waals surface area contributed by atoms with Crippen LogP contribution in [-0.4, -0.2) is 48.6 Å². The third-order valence-corrected chi connectivity index (χ3v) is 6.37. The van der Waals surface area contributed by atoms with Gasteiger partial charge in [0.2, 0.25) is 0 Å². The molecule has 3 fully saturated rings. The molecule has 0 amide bonds. The summed E-state index contributed by atoms with van der Waals surface area (Å²) < 4.78 is 10.0. The van der Waals surface area contributed by atoms with E-state index in [4.69, 9.17) is 4.74 Å². The van der Waals surface area contributed by atoms with Crippen molar-refractivity contribution in [2.75, 3.05) is 20.3 Å². The number of hydrogen-bond donors (Lipinski definition) is 2. The number of aliphatic hydroxyl groups is 1. The first-order valence-corrected chi connectivity index (χ1v) is 9.25. The summed E-state index contributed by atoms with van der Waals surface area (Å²) in [4.78, 5) is 22.6. The molecule has 0 aromatic carbocycles. The maximum Gasteiger partial charge on any atom is 0.307 e. The Bertz CT molecular complexity index is 500. The molecule has 6 nitrogen and oxygen atoms in total. The van der Waals surface area contributed by atoms with Crippen molar-refractivity contribution in [3.63, 3.8) is 0 Å². The molecular formula is C19H28O6. The molecule has 0 aromatic rings. The summed E-state index contributed by atoms with van der Waals surface area (Å²) in [6, 6.07) is 0. The van der Waals surface area contributed by atoms with Crippen LogP contribution in [0.4, 0.5) is 0 Å². The number of fused-ring (bicyclic) bond motifs is 4. The average molecular weight is 352 g/mol. The smallest absolute Gasteiger partial charge is 0.307 e. The van der Waals surface area contributed by atoms with E-state index in [1.54, 1.807) is 0 Å². The quantitative estimate of drug-likeness (QED) is 0.593. The van der Waals surface area contributed by atoms with Crippen LogP contribution in [0.1, 0.15) is 32.1 Å². The summed E-state index contributed by atoms with van der Waals surface area (Å²) in [5.41, 5.74) is 0. The lowest BCUT2D eigenvalue weighted by atomic mass is 9.76. The monoisotopic (exact) mass is 352 g/mol. The van der Waals surface area contributed by atoms with Gasteiger partial charge in [0.1, 0.15) is 0 Å². The zero-order valence-electron chi connectivity index (χ0n) is 14.7. The molecule has 4 bridgehead atoms. The van der Waals surface area contributed by atoms with Crippen LogP contribution in [-0.2, 0) is 19.1 Å². The lowest BCUT2D eigenvalue weighted by molar-refractivity contribution is -0.155. The number of aliphatic carboxylic acids is 1. The van der Waals surface area contributed by atoms with Gasteiger partial charge in [-0.2, -0.15) is 0 Å². The van der Waals surface area contributed by atoms with Crippen molar-refractivity contribution in [2.45, 2.75) is 38.2 Å². The Morgan fingerprint density at radius 2 is 1.68 bits per heavy atom. The summed E-state index contributed by atoms with van der Waals surface area (Å²) in [5, 5.41) is 18.6. The van der Waals surface area contributed by atoms with E-state index < -0.39 is 17.9 Å². The van der Waals surface area contributed by atoms with Gasteiger partial charge in [0.25, 0.3) is 0 Å². The molecule has 2 N–H and O–H groups in total. The van der Waals surface area contributed by atoms with Gasteiger partial charge in [-0.3, -0.25) is 9.59 Å². The molecule has 4 rings (SSSR count). The van der Waals surface area contributed by atoms with Crippen molar-refractivity contribution in [1.29, 1.82) is 0 Å². The highest BCUT2D eigenvalue weighted by atomic mass is 16.5. The molecule has 4 aliphatic rings. The summed E-state index contributed by atoms with van der Waals surface area (Å²) in [7, 11) is 1.29. The van der Waals surface area contributed by atoms with Crippen LogP contribution in [0, 0.1) is 35.5 Å². The second-order valence-electron chi connectivity index (χ2n) is 7.72. The second kappa shape index (κ2) is 7.87.